The van der Waals surface area contributed by atoms with Crippen LogP contribution in [0.1, 0.15) is 57.8 Å². The highest BCUT2D eigenvalue weighted by Crippen LogP contribution is 2.48. The van der Waals surface area contributed by atoms with Gasteiger partial charge in [-0.05, 0) is 43.9 Å². The molecule has 1 spiro atoms. The molecule has 0 unspecified atom stereocenters. The Bertz CT molecular complexity index is 234. The Hall–Kier alpha value is -0.590. The van der Waals surface area contributed by atoms with Gasteiger partial charge in [0.25, 0.3) is 0 Å². The maximum atomic E-state index is 10.3. The van der Waals surface area contributed by atoms with Crippen LogP contribution in [-0.4, -0.2) is 6.29 Å². The summed E-state index contributed by atoms with van der Waals surface area (Å²) in [5.74, 6) is 0. The molecule has 1 fully saturated rings. The van der Waals surface area contributed by atoms with Crippen LogP contribution in [0.5, 0.6) is 0 Å². The molecule has 2 aliphatic rings. The fourth-order valence-electron chi connectivity index (χ4n) is 3.04. The molecule has 14 heavy (non-hydrogen) atoms. The van der Waals surface area contributed by atoms with Crippen LogP contribution in [0.2, 0.25) is 0 Å². The molecule has 0 atom stereocenters. The number of carbonyl (C=O) groups excluding carboxylic acids is 1. The van der Waals surface area contributed by atoms with Gasteiger partial charge in [-0.3, -0.25) is 0 Å². The molecule has 0 bridgehead atoms. The third-order valence-corrected chi connectivity index (χ3v) is 4.05. The van der Waals surface area contributed by atoms with Gasteiger partial charge in [0.1, 0.15) is 6.29 Å². The molecule has 0 aliphatic heterocycles. The Kier molecular flexibility index (Phi) is 3.05. The minimum atomic E-state index is 0.685. The van der Waals surface area contributed by atoms with Gasteiger partial charge in [-0.15, -0.1) is 0 Å². The van der Waals surface area contributed by atoms with E-state index in [1.165, 1.54) is 50.5 Å². The number of aldehydes is 1. The van der Waals surface area contributed by atoms with Crippen molar-refractivity contribution >= 4 is 6.29 Å². The molecule has 2 rings (SSSR count). The molecule has 0 radical (unpaired) electrons. The van der Waals surface area contributed by atoms with Crippen LogP contribution in [-0.2, 0) is 4.79 Å². The van der Waals surface area contributed by atoms with Gasteiger partial charge < -0.3 is 4.79 Å². The van der Waals surface area contributed by atoms with Crippen molar-refractivity contribution in [1.82, 2.24) is 0 Å². The summed E-state index contributed by atoms with van der Waals surface area (Å²) in [6.07, 6.45) is 14.9. The second kappa shape index (κ2) is 4.29. The summed E-state index contributed by atoms with van der Waals surface area (Å²) < 4.78 is 0. The first kappa shape index (κ1) is 9.95. The zero-order valence-corrected chi connectivity index (χ0v) is 8.93. The smallest absolute Gasteiger partial charge is 0.120 e. The number of hydrogen-bond acceptors (Lipinski definition) is 1. The van der Waals surface area contributed by atoms with E-state index in [9.17, 15) is 4.79 Å². The highest BCUT2D eigenvalue weighted by Gasteiger charge is 2.34. The van der Waals surface area contributed by atoms with Crippen LogP contribution in [0.3, 0.4) is 0 Å². The van der Waals surface area contributed by atoms with E-state index in [2.05, 4.69) is 6.08 Å². The topological polar surface area (TPSA) is 17.1 Å². The average molecular weight is 192 g/mol. The quantitative estimate of drug-likeness (QED) is 0.493. The van der Waals surface area contributed by atoms with Crippen molar-refractivity contribution in [2.24, 2.45) is 5.41 Å². The van der Waals surface area contributed by atoms with Crippen LogP contribution < -0.4 is 0 Å². The summed E-state index contributed by atoms with van der Waals surface area (Å²) in [6, 6.07) is 0. The van der Waals surface area contributed by atoms with Gasteiger partial charge in [0.15, 0.2) is 0 Å². The van der Waals surface area contributed by atoms with Gasteiger partial charge in [0.05, 0.1) is 0 Å². The van der Waals surface area contributed by atoms with Crippen molar-refractivity contribution in [3.05, 3.63) is 11.6 Å². The SMILES string of the molecule is O=CCCC1=CCC2(CCCC2)CC1. The normalized spacial score (nSPS) is 25.0. The second-order valence-electron chi connectivity index (χ2n) is 4.98. The summed E-state index contributed by atoms with van der Waals surface area (Å²) in [7, 11) is 0. The molecule has 1 heteroatoms. The van der Waals surface area contributed by atoms with E-state index in [1.54, 1.807) is 0 Å². The second-order valence-corrected chi connectivity index (χ2v) is 4.98. The fraction of sp³-hybridized carbons (Fsp3) is 0.769. The third kappa shape index (κ3) is 2.08. The first-order valence-electron chi connectivity index (χ1n) is 5.96. The van der Waals surface area contributed by atoms with E-state index in [0.717, 1.165) is 19.1 Å². The lowest BCUT2D eigenvalue weighted by molar-refractivity contribution is -0.107. The zero-order chi connectivity index (χ0) is 9.86. The van der Waals surface area contributed by atoms with Gasteiger partial charge in [0.2, 0.25) is 0 Å². The van der Waals surface area contributed by atoms with Gasteiger partial charge in [0, 0.05) is 6.42 Å². The summed E-state index contributed by atoms with van der Waals surface area (Å²) in [5.41, 5.74) is 2.22. The highest BCUT2D eigenvalue weighted by atomic mass is 16.1. The molecular formula is C13H20O. The van der Waals surface area contributed by atoms with Crippen molar-refractivity contribution in [1.29, 1.82) is 0 Å². The minimum Gasteiger partial charge on any atom is -0.303 e. The molecular weight excluding hydrogens is 172 g/mol. The first-order chi connectivity index (χ1) is 6.85. The molecule has 0 aromatic rings. The van der Waals surface area contributed by atoms with Crippen molar-refractivity contribution < 1.29 is 4.79 Å². The van der Waals surface area contributed by atoms with Gasteiger partial charge >= 0.3 is 0 Å². The minimum absolute atomic E-state index is 0.685. The summed E-state index contributed by atoms with van der Waals surface area (Å²) >= 11 is 0. The molecule has 0 amide bonds. The van der Waals surface area contributed by atoms with Crippen LogP contribution in [0.4, 0.5) is 0 Å². The Labute approximate surface area is 86.6 Å². The molecule has 0 aromatic carbocycles. The van der Waals surface area contributed by atoms with E-state index >= 15 is 0 Å². The molecule has 0 aromatic heterocycles. The number of carbonyl (C=O) groups is 1. The number of rotatable bonds is 3. The predicted molar refractivity (Wildman–Crippen MR) is 58.1 cm³/mol. The van der Waals surface area contributed by atoms with Crippen molar-refractivity contribution in [3.8, 4) is 0 Å². The Balaban J connectivity index is 1.88. The largest absolute Gasteiger partial charge is 0.303 e. The monoisotopic (exact) mass is 192 g/mol. The molecule has 0 N–H and O–H groups in total. The van der Waals surface area contributed by atoms with Crippen LogP contribution >= 0.6 is 0 Å². The van der Waals surface area contributed by atoms with Crippen molar-refractivity contribution in [2.75, 3.05) is 0 Å². The van der Waals surface area contributed by atoms with E-state index in [1.807, 2.05) is 0 Å². The molecule has 1 nitrogen and oxygen atoms in total. The van der Waals surface area contributed by atoms with Gasteiger partial charge in [-0.2, -0.15) is 0 Å². The lowest BCUT2D eigenvalue weighted by atomic mass is 9.73. The maximum absolute atomic E-state index is 10.3. The van der Waals surface area contributed by atoms with Crippen LogP contribution in [0.25, 0.3) is 0 Å². The predicted octanol–water partition coefficient (Wildman–Crippen LogP) is 3.64. The standard InChI is InChI=1S/C13H20O/c14-11-3-4-12-5-9-13(10-6-12)7-1-2-8-13/h5,11H,1-4,6-10H2. The number of allylic oxidation sites excluding steroid dienone is 2. The summed E-state index contributed by atoms with van der Waals surface area (Å²) in [4.78, 5) is 10.3. The Morgan fingerprint density at radius 3 is 2.64 bits per heavy atom. The zero-order valence-electron chi connectivity index (χ0n) is 8.93. The van der Waals surface area contributed by atoms with Crippen LogP contribution in [0.15, 0.2) is 11.6 Å². The lowest BCUT2D eigenvalue weighted by Crippen LogP contribution is -2.19. The Morgan fingerprint density at radius 1 is 1.29 bits per heavy atom. The maximum Gasteiger partial charge on any atom is 0.120 e. The van der Waals surface area contributed by atoms with Crippen molar-refractivity contribution in [3.63, 3.8) is 0 Å². The summed E-state index contributed by atoms with van der Waals surface area (Å²) in [6.45, 7) is 0. The van der Waals surface area contributed by atoms with E-state index < -0.39 is 0 Å². The lowest BCUT2D eigenvalue weighted by Gasteiger charge is -2.32. The van der Waals surface area contributed by atoms with E-state index in [4.69, 9.17) is 0 Å². The molecule has 2 aliphatic carbocycles. The molecule has 78 valence electrons. The van der Waals surface area contributed by atoms with E-state index in [-0.39, 0.29) is 0 Å². The van der Waals surface area contributed by atoms with Crippen molar-refractivity contribution in [2.45, 2.75) is 57.8 Å². The Morgan fingerprint density at radius 2 is 2.07 bits per heavy atom. The molecule has 1 saturated carbocycles. The third-order valence-electron chi connectivity index (χ3n) is 4.05. The highest BCUT2D eigenvalue weighted by molar-refractivity contribution is 5.49. The van der Waals surface area contributed by atoms with Gasteiger partial charge in [-0.25, -0.2) is 0 Å². The number of hydrogen-bond donors (Lipinski definition) is 0. The summed E-state index contributed by atoms with van der Waals surface area (Å²) in [5, 5.41) is 0. The molecule has 0 saturated heterocycles. The average Bonchev–Trinajstić information content (AvgIpc) is 2.66. The van der Waals surface area contributed by atoms with Crippen LogP contribution in [0, 0.1) is 5.41 Å². The van der Waals surface area contributed by atoms with E-state index in [0.29, 0.717) is 5.41 Å². The fourth-order valence-corrected chi connectivity index (χ4v) is 3.04. The van der Waals surface area contributed by atoms with Gasteiger partial charge in [-0.1, -0.05) is 24.5 Å². The molecule has 0 heterocycles. The first-order valence-corrected chi connectivity index (χ1v) is 5.96.